The molecule has 2 aromatic carbocycles. The Labute approximate surface area is 201 Å². The lowest BCUT2D eigenvalue weighted by molar-refractivity contribution is -0.115. The van der Waals surface area contributed by atoms with E-state index in [1.165, 1.54) is 18.7 Å². The van der Waals surface area contributed by atoms with Crippen molar-refractivity contribution < 1.29 is 14.0 Å². The maximum atomic E-state index is 13.5. The summed E-state index contributed by atoms with van der Waals surface area (Å²) in [6, 6.07) is 20.4. The number of carbonyl (C=O) groups is 2. The molecule has 1 saturated carbocycles. The van der Waals surface area contributed by atoms with E-state index < -0.39 is 5.25 Å². The molecule has 1 aliphatic carbocycles. The summed E-state index contributed by atoms with van der Waals surface area (Å²) >= 11 is 1.36. The largest absolute Gasteiger partial charge is 0.467 e. The number of anilines is 1. The molecule has 0 aliphatic heterocycles. The van der Waals surface area contributed by atoms with Crippen molar-refractivity contribution in [3.05, 3.63) is 95.7 Å². The molecule has 8 heteroatoms. The van der Waals surface area contributed by atoms with Crippen molar-refractivity contribution in [2.75, 3.05) is 5.32 Å². The quantitative estimate of drug-likeness (QED) is 0.257. The minimum atomic E-state index is -0.561. The SMILES string of the molecule is CC(=O)c1cccc(NC(=O)C(Sc2nnc(C3CC3)n2Cc2ccco2)c2ccccc2)c1. The van der Waals surface area contributed by atoms with E-state index >= 15 is 0 Å². The summed E-state index contributed by atoms with van der Waals surface area (Å²) in [5.41, 5.74) is 1.98. The number of ketones is 1. The summed E-state index contributed by atoms with van der Waals surface area (Å²) in [7, 11) is 0. The van der Waals surface area contributed by atoms with Crippen LogP contribution in [0.25, 0.3) is 0 Å². The average molecular weight is 473 g/mol. The maximum Gasteiger partial charge on any atom is 0.242 e. The molecule has 2 aromatic heterocycles. The predicted octanol–water partition coefficient (Wildman–Crippen LogP) is 5.47. The fraction of sp³-hybridized carbons (Fsp3) is 0.231. The summed E-state index contributed by atoms with van der Waals surface area (Å²) in [6.07, 6.45) is 3.84. The molecule has 0 bridgehead atoms. The first kappa shape index (κ1) is 22.2. The van der Waals surface area contributed by atoms with Crippen molar-refractivity contribution in [3.63, 3.8) is 0 Å². The first-order valence-electron chi connectivity index (χ1n) is 11.2. The van der Waals surface area contributed by atoms with E-state index in [0.29, 0.717) is 28.9 Å². The van der Waals surface area contributed by atoms with Gasteiger partial charge in [-0.15, -0.1) is 10.2 Å². The summed E-state index contributed by atoms with van der Waals surface area (Å²) in [6.45, 7) is 2.02. The van der Waals surface area contributed by atoms with Crippen LogP contribution < -0.4 is 5.32 Å². The van der Waals surface area contributed by atoms with Crippen LogP contribution in [0.1, 0.15) is 58.4 Å². The summed E-state index contributed by atoms with van der Waals surface area (Å²) < 4.78 is 7.63. The van der Waals surface area contributed by atoms with Crippen LogP contribution in [0.5, 0.6) is 0 Å². The van der Waals surface area contributed by atoms with Gasteiger partial charge in [0.2, 0.25) is 5.91 Å². The second-order valence-corrected chi connectivity index (χ2v) is 9.39. The monoisotopic (exact) mass is 472 g/mol. The minimum Gasteiger partial charge on any atom is -0.467 e. The van der Waals surface area contributed by atoms with Gasteiger partial charge in [-0.3, -0.25) is 14.2 Å². The molecule has 1 aliphatic rings. The van der Waals surface area contributed by atoms with E-state index in [4.69, 9.17) is 4.42 Å². The molecule has 34 heavy (non-hydrogen) atoms. The van der Waals surface area contributed by atoms with Crippen LogP contribution in [0.3, 0.4) is 0 Å². The van der Waals surface area contributed by atoms with Crippen molar-refractivity contribution in [2.24, 2.45) is 0 Å². The number of thioether (sulfide) groups is 1. The third-order valence-electron chi connectivity index (χ3n) is 5.68. The number of nitrogens with one attached hydrogen (secondary N) is 1. The molecule has 1 unspecified atom stereocenters. The molecule has 1 amide bonds. The van der Waals surface area contributed by atoms with E-state index in [0.717, 1.165) is 30.0 Å². The summed E-state index contributed by atoms with van der Waals surface area (Å²) in [5.74, 6) is 1.89. The molecule has 0 radical (unpaired) electrons. The first-order valence-corrected chi connectivity index (χ1v) is 12.1. The second kappa shape index (κ2) is 9.69. The first-order chi connectivity index (χ1) is 16.6. The molecule has 2 heterocycles. The summed E-state index contributed by atoms with van der Waals surface area (Å²) in [4.78, 5) is 25.3. The van der Waals surface area contributed by atoms with Gasteiger partial charge in [0.15, 0.2) is 10.9 Å². The number of benzene rings is 2. The van der Waals surface area contributed by atoms with Crippen LogP contribution in [0.4, 0.5) is 5.69 Å². The van der Waals surface area contributed by atoms with Gasteiger partial charge in [0.25, 0.3) is 0 Å². The molecule has 1 atom stereocenters. The lowest BCUT2D eigenvalue weighted by Gasteiger charge is -2.17. The van der Waals surface area contributed by atoms with Gasteiger partial charge in [-0.05, 0) is 49.6 Å². The number of amides is 1. The Kier molecular flexibility index (Phi) is 6.31. The highest BCUT2D eigenvalue weighted by Gasteiger charge is 2.32. The highest BCUT2D eigenvalue weighted by molar-refractivity contribution is 8.00. The molecular weight excluding hydrogens is 448 g/mol. The third kappa shape index (κ3) is 4.97. The molecule has 0 spiro atoms. The number of furan rings is 1. The van der Waals surface area contributed by atoms with Gasteiger partial charge < -0.3 is 9.73 Å². The fourth-order valence-corrected chi connectivity index (χ4v) is 4.81. The van der Waals surface area contributed by atoms with Gasteiger partial charge >= 0.3 is 0 Å². The molecule has 0 saturated heterocycles. The Bertz CT molecular complexity index is 1300. The zero-order valence-electron chi connectivity index (χ0n) is 18.7. The normalized spacial score (nSPS) is 14.0. The topological polar surface area (TPSA) is 90.0 Å². The predicted molar refractivity (Wildman–Crippen MR) is 130 cm³/mol. The number of aromatic nitrogens is 3. The van der Waals surface area contributed by atoms with Gasteiger partial charge in [-0.1, -0.05) is 54.2 Å². The van der Waals surface area contributed by atoms with Crippen LogP contribution in [0, 0.1) is 0 Å². The van der Waals surface area contributed by atoms with E-state index in [-0.39, 0.29) is 11.7 Å². The van der Waals surface area contributed by atoms with Crippen molar-refractivity contribution in [1.29, 1.82) is 0 Å². The lowest BCUT2D eigenvalue weighted by atomic mass is 10.1. The minimum absolute atomic E-state index is 0.0521. The zero-order chi connectivity index (χ0) is 23.5. The van der Waals surface area contributed by atoms with E-state index in [2.05, 4.69) is 20.1 Å². The zero-order valence-corrected chi connectivity index (χ0v) is 19.5. The smallest absolute Gasteiger partial charge is 0.242 e. The number of rotatable bonds is 9. The van der Waals surface area contributed by atoms with Crippen molar-refractivity contribution in [2.45, 2.75) is 42.6 Å². The van der Waals surface area contributed by atoms with E-state index in [1.807, 2.05) is 42.5 Å². The Morgan fingerprint density at radius 2 is 1.91 bits per heavy atom. The van der Waals surface area contributed by atoms with Gasteiger partial charge in [-0.25, -0.2) is 0 Å². The molecule has 1 N–H and O–H groups in total. The number of nitrogens with zero attached hydrogens (tertiary/aromatic N) is 3. The van der Waals surface area contributed by atoms with E-state index in [1.54, 1.807) is 30.5 Å². The molecule has 1 fully saturated rings. The molecular formula is C26H24N4O3S. The van der Waals surface area contributed by atoms with Crippen molar-refractivity contribution in [1.82, 2.24) is 14.8 Å². The number of Topliss-reactive ketones (excluding diaryl/α,β-unsaturated/α-hetero) is 1. The average Bonchev–Trinajstić information content (AvgIpc) is 3.41. The van der Waals surface area contributed by atoms with Gasteiger partial charge in [0.05, 0.1) is 12.8 Å². The Balaban J connectivity index is 1.45. The number of carbonyl (C=O) groups excluding carboxylic acids is 2. The number of hydrogen-bond acceptors (Lipinski definition) is 6. The second-order valence-electron chi connectivity index (χ2n) is 8.32. The lowest BCUT2D eigenvalue weighted by Crippen LogP contribution is -2.20. The standard InChI is InChI=1S/C26H24N4O3S/c1-17(31)20-9-5-10-21(15-20)27-25(32)23(18-7-3-2-4-8-18)34-26-29-28-24(19-12-13-19)30(26)16-22-11-6-14-33-22/h2-11,14-15,19,23H,12-13,16H2,1H3,(H,27,32). The highest BCUT2D eigenvalue weighted by atomic mass is 32.2. The molecule has 5 rings (SSSR count). The van der Waals surface area contributed by atoms with Crippen LogP contribution in [0.2, 0.25) is 0 Å². The van der Waals surface area contributed by atoms with Crippen LogP contribution >= 0.6 is 11.8 Å². The molecule has 172 valence electrons. The third-order valence-corrected chi connectivity index (χ3v) is 6.92. The highest BCUT2D eigenvalue weighted by Crippen LogP contribution is 2.42. The van der Waals surface area contributed by atoms with E-state index in [9.17, 15) is 9.59 Å². The van der Waals surface area contributed by atoms with Gasteiger partial charge in [-0.2, -0.15) is 0 Å². The van der Waals surface area contributed by atoms with Gasteiger partial charge in [0, 0.05) is 17.2 Å². The Morgan fingerprint density at radius 3 is 2.62 bits per heavy atom. The van der Waals surface area contributed by atoms with Crippen LogP contribution in [-0.4, -0.2) is 26.5 Å². The Morgan fingerprint density at radius 1 is 1.09 bits per heavy atom. The fourth-order valence-electron chi connectivity index (χ4n) is 3.77. The summed E-state index contributed by atoms with van der Waals surface area (Å²) in [5, 5.41) is 12.0. The van der Waals surface area contributed by atoms with Crippen LogP contribution in [-0.2, 0) is 11.3 Å². The molecule has 7 nitrogen and oxygen atoms in total. The van der Waals surface area contributed by atoms with Crippen molar-refractivity contribution >= 4 is 29.1 Å². The molecule has 4 aromatic rings. The Hall–Kier alpha value is -3.65. The van der Waals surface area contributed by atoms with Crippen LogP contribution in [0.15, 0.2) is 82.6 Å². The van der Waals surface area contributed by atoms with Gasteiger partial charge in [0.1, 0.15) is 16.8 Å². The number of hydrogen-bond donors (Lipinski definition) is 1. The van der Waals surface area contributed by atoms with Crippen molar-refractivity contribution in [3.8, 4) is 0 Å². The maximum absolute atomic E-state index is 13.5.